The van der Waals surface area contributed by atoms with Crippen LogP contribution in [0.15, 0.2) is 0 Å². The van der Waals surface area contributed by atoms with E-state index in [-0.39, 0.29) is 0 Å². The van der Waals surface area contributed by atoms with Gasteiger partial charge in [-0.05, 0) is 88.1 Å². The third-order valence-electron chi connectivity index (χ3n) is 6.89. The summed E-state index contributed by atoms with van der Waals surface area (Å²) in [6.45, 7) is 4.00. The lowest BCUT2D eigenvalue weighted by atomic mass is 9.49. The van der Waals surface area contributed by atoms with E-state index < -0.39 is 0 Å². The molecule has 4 aliphatic carbocycles. The number of nitrogens with one attached hydrogen (secondary N) is 1. The Morgan fingerprint density at radius 1 is 1.00 bits per heavy atom. The molecule has 0 aromatic carbocycles. The molecular formula is C18H32N2. The number of likely N-dealkylation sites (tertiary alicyclic amines) is 1. The molecule has 0 aromatic heterocycles. The van der Waals surface area contributed by atoms with Crippen molar-refractivity contribution in [1.82, 2.24) is 10.2 Å². The zero-order chi connectivity index (χ0) is 13.6. The van der Waals surface area contributed by atoms with Gasteiger partial charge >= 0.3 is 0 Å². The number of nitrogens with zero attached hydrogens (tertiary/aromatic N) is 1. The van der Waals surface area contributed by atoms with Crippen molar-refractivity contribution in [2.45, 2.75) is 63.8 Å². The molecule has 0 amide bonds. The van der Waals surface area contributed by atoms with Crippen LogP contribution in [0.2, 0.25) is 0 Å². The minimum absolute atomic E-state index is 0.734. The molecule has 5 aliphatic rings. The molecule has 1 heterocycles. The smallest absolute Gasteiger partial charge is 0.0220 e. The zero-order valence-corrected chi connectivity index (χ0v) is 13.2. The molecule has 0 aromatic rings. The van der Waals surface area contributed by atoms with E-state index in [4.69, 9.17) is 0 Å². The highest BCUT2D eigenvalue weighted by molar-refractivity contribution is 5.03. The van der Waals surface area contributed by atoms with E-state index in [9.17, 15) is 0 Å². The summed E-state index contributed by atoms with van der Waals surface area (Å²) in [5.74, 6) is 3.32. The third-order valence-corrected chi connectivity index (χ3v) is 6.89. The van der Waals surface area contributed by atoms with E-state index in [1.807, 2.05) is 0 Å². The second kappa shape index (κ2) is 5.28. The van der Waals surface area contributed by atoms with Gasteiger partial charge in [-0.3, -0.25) is 4.90 Å². The van der Waals surface area contributed by atoms with E-state index in [1.165, 1.54) is 38.9 Å². The molecule has 5 fully saturated rings. The summed E-state index contributed by atoms with van der Waals surface area (Å²) in [7, 11) is 2.12. The lowest BCUT2D eigenvalue weighted by Crippen LogP contribution is -2.55. The quantitative estimate of drug-likeness (QED) is 0.848. The van der Waals surface area contributed by atoms with E-state index in [2.05, 4.69) is 17.3 Å². The molecule has 2 heteroatoms. The van der Waals surface area contributed by atoms with Gasteiger partial charge in [0.1, 0.15) is 0 Å². The SMILES string of the molecule is CNCC1CCCCN1CC12CC3CC(CC(C3)C1)C2. The molecule has 2 nitrogen and oxygen atoms in total. The van der Waals surface area contributed by atoms with Crippen LogP contribution >= 0.6 is 0 Å². The first-order valence-electron chi connectivity index (χ1n) is 9.15. The van der Waals surface area contributed by atoms with Crippen LogP contribution < -0.4 is 5.32 Å². The maximum Gasteiger partial charge on any atom is 0.0220 e. The highest BCUT2D eigenvalue weighted by Crippen LogP contribution is 2.60. The van der Waals surface area contributed by atoms with Gasteiger partial charge in [0.05, 0.1) is 0 Å². The average molecular weight is 276 g/mol. The van der Waals surface area contributed by atoms with Crippen molar-refractivity contribution in [1.29, 1.82) is 0 Å². The van der Waals surface area contributed by atoms with E-state index in [0.717, 1.165) is 29.2 Å². The van der Waals surface area contributed by atoms with Crippen LogP contribution in [0.4, 0.5) is 0 Å². The lowest BCUT2D eigenvalue weighted by molar-refractivity contribution is -0.0775. The van der Waals surface area contributed by atoms with Crippen molar-refractivity contribution in [2.75, 3.05) is 26.7 Å². The largest absolute Gasteiger partial charge is 0.318 e. The Labute approximate surface area is 124 Å². The lowest BCUT2D eigenvalue weighted by Gasteiger charge is -2.58. The molecule has 0 spiro atoms. The maximum absolute atomic E-state index is 3.43. The van der Waals surface area contributed by atoms with Crippen LogP contribution in [0.5, 0.6) is 0 Å². The molecule has 1 aliphatic heterocycles. The van der Waals surface area contributed by atoms with Crippen molar-refractivity contribution >= 4 is 0 Å². The molecule has 20 heavy (non-hydrogen) atoms. The zero-order valence-electron chi connectivity index (χ0n) is 13.2. The second-order valence-electron chi connectivity index (χ2n) is 8.60. The van der Waals surface area contributed by atoms with Gasteiger partial charge in [0.2, 0.25) is 0 Å². The summed E-state index contributed by atoms with van der Waals surface area (Å²) in [5, 5.41) is 3.43. The summed E-state index contributed by atoms with van der Waals surface area (Å²) in [5.41, 5.74) is 0.734. The highest BCUT2D eigenvalue weighted by Gasteiger charge is 2.51. The Balaban J connectivity index is 1.47. The van der Waals surface area contributed by atoms with Gasteiger partial charge in [-0.15, -0.1) is 0 Å². The van der Waals surface area contributed by atoms with Crippen molar-refractivity contribution in [3.8, 4) is 0 Å². The van der Waals surface area contributed by atoms with Crippen molar-refractivity contribution in [3.05, 3.63) is 0 Å². The third kappa shape index (κ3) is 2.43. The Morgan fingerprint density at radius 2 is 1.65 bits per heavy atom. The first-order chi connectivity index (χ1) is 9.76. The molecule has 1 atom stereocenters. The summed E-state index contributed by atoms with van der Waals surface area (Å²) >= 11 is 0. The molecule has 4 saturated carbocycles. The topological polar surface area (TPSA) is 15.3 Å². The summed E-state index contributed by atoms with van der Waals surface area (Å²) in [6.07, 6.45) is 13.8. The minimum Gasteiger partial charge on any atom is -0.318 e. The van der Waals surface area contributed by atoms with Gasteiger partial charge in [0, 0.05) is 19.1 Å². The summed E-state index contributed by atoms with van der Waals surface area (Å²) < 4.78 is 0. The van der Waals surface area contributed by atoms with E-state index >= 15 is 0 Å². The first kappa shape index (κ1) is 13.6. The standard InChI is InChI=1S/C18H32N2/c1-19-12-17-4-2-3-5-20(17)13-18-9-14-6-15(10-18)8-16(7-14)11-18/h14-17,19H,2-13H2,1H3. The highest BCUT2D eigenvalue weighted by atomic mass is 15.2. The molecule has 1 N–H and O–H groups in total. The summed E-state index contributed by atoms with van der Waals surface area (Å²) in [4.78, 5) is 2.88. The van der Waals surface area contributed by atoms with Crippen LogP contribution in [0.25, 0.3) is 0 Å². The molecule has 1 unspecified atom stereocenters. The number of rotatable bonds is 4. The monoisotopic (exact) mass is 276 g/mol. The maximum atomic E-state index is 3.43. The van der Waals surface area contributed by atoms with Crippen LogP contribution in [0.3, 0.4) is 0 Å². The van der Waals surface area contributed by atoms with Crippen molar-refractivity contribution < 1.29 is 0 Å². The predicted octanol–water partition coefficient (Wildman–Crippen LogP) is 3.28. The average Bonchev–Trinajstić information content (AvgIpc) is 2.39. The van der Waals surface area contributed by atoms with Gasteiger partial charge < -0.3 is 5.32 Å². The Morgan fingerprint density at radius 3 is 2.25 bits per heavy atom. The Kier molecular flexibility index (Phi) is 3.58. The van der Waals surface area contributed by atoms with Crippen molar-refractivity contribution in [2.24, 2.45) is 23.2 Å². The Bertz CT molecular complexity index is 314. The van der Waals surface area contributed by atoms with Gasteiger partial charge in [0.15, 0.2) is 0 Å². The normalized spacial score (nSPS) is 47.9. The van der Waals surface area contributed by atoms with Crippen molar-refractivity contribution in [3.63, 3.8) is 0 Å². The van der Waals surface area contributed by atoms with Gasteiger partial charge in [-0.1, -0.05) is 6.42 Å². The van der Waals surface area contributed by atoms with E-state index in [1.54, 1.807) is 38.5 Å². The first-order valence-corrected chi connectivity index (χ1v) is 9.15. The second-order valence-corrected chi connectivity index (χ2v) is 8.60. The fourth-order valence-electron chi connectivity index (χ4n) is 6.65. The Hall–Kier alpha value is -0.0800. The number of hydrogen-bond acceptors (Lipinski definition) is 2. The van der Waals surface area contributed by atoms with Crippen LogP contribution in [-0.4, -0.2) is 37.6 Å². The van der Waals surface area contributed by atoms with Crippen LogP contribution in [-0.2, 0) is 0 Å². The summed E-state index contributed by atoms with van der Waals surface area (Å²) in [6, 6.07) is 0.821. The number of piperidine rings is 1. The molecule has 5 rings (SSSR count). The van der Waals surface area contributed by atoms with Gasteiger partial charge in [0.25, 0.3) is 0 Å². The minimum atomic E-state index is 0.734. The fourth-order valence-corrected chi connectivity index (χ4v) is 6.65. The van der Waals surface area contributed by atoms with Crippen LogP contribution in [0.1, 0.15) is 57.8 Å². The number of likely N-dealkylation sites (N-methyl/N-ethyl adjacent to an activating group) is 1. The predicted molar refractivity (Wildman–Crippen MR) is 83.7 cm³/mol. The molecular weight excluding hydrogens is 244 g/mol. The fraction of sp³-hybridized carbons (Fsp3) is 1.00. The molecule has 114 valence electrons. The van der Waals surface area contributed by atoms with Crippen LogP contribution in [0, 0.1) is 23.2 Å². The molecule has 0 radical (unpaired) electrons. The van der Waals surface area contributed by atoms with E-state index in [0.29, 0.717) is 0 Å². The molecule has 1 saturated heterocycles. The van der Waals surface area contributed by atoms with Gasteiger partial charge in [-0.25, -0.2) is 0 Å². The number of hydrogen-bond donors (Lipinski definition) is 1. The van der Waals surface area contributed by atoms with Gasteiger partial charge in [-0.2, -0.15) is 0 Å². The molecule has 4 bridgehead atoms.